The van der Waals surface area contributed by atoms with Crippen LogP contribution in [0.3, 0.4) is 0 Å². The first-order valence-corrected chi connectivity index (χ1v) is 10.1. The van der Waals surface area contributed by atoms with Crippen LogP contribution >= 0.6 is 11.3 Å². The summed E-state index contributed by atoms with van der Waals surface area (Å²) in [6, 6.07) is 13.9. The van der Waals surface area contributed by atoms with Crippen molar-refractivity contribution in [3.8, 4) is 10.6 Å². The molecule has 1 N–H and O–H groups in total. The van der Waals surface area contributed by atoms with Crippen molar-refractivity contribution in [2.24, 2.45) is 0 Å². The molecule has 144 valence electrons. The van der Waals surface area contributed by atoms with Crippen molar-refractivity contribution in [1.82, 2.24) is 19.8 Å². The van der Waals surface area contributed by atoms with Gasteiger partial charge < -0.3 is 10.0 Å². The van der Waals surface area contributed by atoms with Gasteiger partial charge in [-0.3, -0.25) is 14.7 Å². The van der Waals surface area contributed by atoms with E-state index in [1.807, 2.05) is 53.6 Å². The van der Waals surface area contributed by atoms with Crippen LogP contribution < -0.4 is 0 Å². The number of β-amino-alcohol motifs (C(OH)–C–C–N with tert-alkyl or cyclic N) is 1. The van der Waals surface area contributed by atoms with Gasteiger partial charge in [0.05, 0.1) is 12.6 Å². The van der Waals surface area contributed by atoms with Crippen LogP contribution in [-0.4, -0.2) is 56.5 Å². The molecular formula is C21H22N4O2S. The van der Waals surface area contributed by atoms with E-state index in [0.29, 0.717) is 26.2 Å². The molecule has 3 aromatic rings. The summed E-state index contributed by atoms with van der Waals surface area (Å²) in [4.78, 5) is 26.1. The van der Waals surface area contributed by atoms with Gasteiger partial charge in [0.25, 0.3) is 0 Å². The van der Waals surface area contributed by atoms with Crippen LogP contribution in [0.4, 0.5) is 0 Å². The highest BCUT2D eigenvalue weighted by Crippen LogP contribution is 2.26. The van der Waals surface area contributed by atoms with Gasteiger partial charge in [-0.1, -0.05) is 36.4 Å². The number of nitrogens with zero attached hydrogens (tertiary/aromatic N) is 4. The molecular weight excluding hydrogens is 372 g/mol. The second kappa shape index (κ2) is 8.60. The number of hydrogen-bond acceptors (Lipinski definition) is 6. The molecule has 1 aliphatic rings. The van der Waals surface area contributed by atoms with Gasteiger partial charge in [-0.15, -0.1) is 11.3 Å². The molecule has 7 heteroatoms. The highest BCUT2D eigenvalue weighted by atomic mass is 32.1. The SMILES string of the molecule is O=C1CN(Cc2cnc(-c3ccccc3)s2)CC(O)CN1Cc1cccnc1. The Labute approximate surface area is 168 Å². The number of amides is 1. The molecule has 28 heavy (non-hydrogen) atoms. The largest absolute Gasteiger partial charge is 0.390 e. The Kier molecular flexibility index (Phi) is 5.76. The van der Waals surface area contributed by atoms with Crippen molar-refractivity contribution in [1.29, 1.82) is 0 Å². The van der Waals surface area contributed by atoms with Crippen LogP contribution in [-0.2, 0) is 17.9 Å². The highest BCUT2D eigenvalue weighted by Gasteiger charge is 2.27. The number of aliphatic hydroxyl groups is 1. The maximum atomic E-state index is 12.7. The third kappa shape index (κ3) is 4.62. The molecule has 1 atom stereocenters. The predicted octanol–water partition coefficient (Wildman–Crippen LogP) is 2.41. The molecule has 3 heterocycles. The number of hydrogen-bond donors (Lipinski definition) is 1. The Bertz CT molecular complexity index is 916. The molecule has 1 unspecified atom stereocenters. The normalized spacial score (nSPS) is 18.2. The van der Waals surface area contributed by atoms with Crippen LogP contribution in [0.5, 0.6) is 0 Å². The van der Waals surface area contributed by atoms with E-state index < -0.39 is 6.10 Å². The summed E-state index contributed by atoms with van der Waals surface area (Å²) in [6.45, 7) is 2.16. The molecule has 0 saturated carbocycles. The smallest absolute Gasteiger partial charge is 0.237 e. The van der Waals surface area contributed by atoms with E-state index in [1.165, 1.54) is 0 Å². The van der Waals surface area contributed by atoms with E-state index in [2.05, 4.69) is 9.97 Å². The number of aliphatic hydroxyl groups excluding tert-OH is 1. The topological polar surface area (TPSA) is 69.6 Å². The van der Waals surface area contributed by atoms with Crippen LogP contribution in [0.15, 0.2) is 61.1 Å². The zero-order valence-corrected chi connectivity index (χ0v) is 16.3. The lowest BCUT2D eigenvalue weighted by molar-refractivity contribution is -0.132. The van der Waals surface area contributed by atoms with Crippen LogP contribution in [0.25, 0.3) is 10.6 Å². The highest BCUT2D eigenvalue weighted by molar-refractivity contribution is 7.15. The quantitative estimate of drug-likeness (QED) is 0.720. The van der Waals surface area contributed by atoms with Gasteiger partial charge in [0.15, 0.2) is 0 Å². The average Bonchev–Trinajstić information content (AvgIpc) is 3.12. The summed E-state index contributed by atoms with van der Waals surface area (Å²) in [7, 11) is 0. The fraction of sp³-hybridized carbons (Fsp3) is 0.286. The van der Waals surface area contributed by atoms with Gasteiger partial charge in [-0.05, 0) is 11.6 Å². The average molecular weight is 395 g/mol. The van der Waals surface area contributed by atoms with Crippen LogP contribution in [0, 0.1) is 0 Å². The maximum absolute atomic E-state index is 12.7. The number of rotatable bonds is 5. The minimum absolute atomic E-state index is 0.0215. The first-order valence-electron chi connectivity index (χ1n) is 9.24. The lowest BCUT2D eigenvalue weighted by Crippen LogP contribution is -2.36. The lowest BCUT2D eigenvalue weighted by atomic mass is 10.2. The number of carbonyl (C=O) groups excluding carboxylic acids is 1. The monoisotopic (exact) mass is 394 g/mol. The zero-order valence-electron chi connectivity index (χ0n) is 15.4. The summed E-state index contributed by atoms with van der Waals surface area (Å²) in [5.74, 6) is 0.0215. The summed E-state index contributed by atoms with van der Waals surface area (Å²) < 4.78 is 0. The standard InChI is InChI=1S/C21H22N4O2S/c26-18-12-24(14-19-10-23-21(28-19)17-6-2-1-3-7-17)15-20(27)25(13-18)11-16-5-4-8-22-9-16/h1-10,18,26H,11-15H2. The number of aromatic nitrogens is 2. The molecule has 1 aromatic carbocycles. The Morgan fingerprint density at radius 1 is 1.07 bits per heavy atom. The van der Waals surface area contributed by atoms with Gasteiger partial charge in [0.2, 0.25) is 5.91 Å². The lowest BCUT2D eigenvalue weighted by Gasteiger charge is -2.21. The molecule has 0 aliphatic carbocycles. The molecule has 1 amide bonds. The maximum Gasteiger partial charge on any atom is 0.237 e. The minimum Gasteiger partial charge on any atom is -0.390 e. The van der Waals surface area contributed by atoms with Crippen molar-refractivity contribution in [3.05, 3.63) is 71.5 Å². The van der Waals surface area contributed by atoms with E-state index in [0.717, 1.165) is 21.0 Å². The van der Waals surface area contributed by atoms with E-state index in [-0.39, 0.29) is 12.5 Å². The van der Waals surface area contributed by atoms with E-state index in [4.69, 9.17) is 0 Å². The fourth-order valence-corrected chi connectivity index (χ4v) is 4.33. The number of thiazole rings is 1. The number of pyridine rings is 1. The van der Waals surface area contributed by atoms with E-state index in [9.17, 15) is 9.90 Å². The van der Waals surface area contributed by atoms with Crippen LogP contribution in [0.2, 0.25) is 0 Å². The second-order valence-corrected chi connectivity index (χ2v) is 8.07. The molecule has 4 rings (SSSR count). The first-order chi connectivity index (χ1) is 13.7. The Balaban J connectivity index is 1.42. The van der Waals surface area contributed by atoms with Crippen molar-refractivity contribution in [2.45, 2.75) is 19.2 Å². The summed E-state index contributed by atoms with van der Waals surface area (Å²) in [6.07, 6.45) is 4.75. The van der Waals surface area contributed by atoms with E-state index in [1.54, 1.807) is 28.6 Å². The van der Waals surface area contributed by atoms with Gasteiger partial charge in [-0.2, -0.15) is 0 Å². The third-order valence-electron chi connectivity index (χ3n) is 4.66. The molecule has 0 radical (unpaired) electrons. The zero-order chi connectivity index (χ0) is 19.3. The van der Waals surface area contributed by atoms with Gasteiger partial charge in [-0.25, -0.2) is 4.98 Å². The molecule has 0 bridgehead atoms. The first kappa shape index (κ1) is 18.7. The molecule has 2 aromatic heterocycles. The Morgan fingerprint density at radius 3 is 2.71 bits per heavy atom. The van der Waals surface area contributed by atoms with Crippen LogP contribution in [0.1, 0.15) is 10.4 Å². The van der Waals surface area contributed by atoms with Crippen molar-refractivity contribution in [2.75, 3.05) is 19.6 Å². The Hall–Kier alpha value is -2.61. The van der Waals surface area contributed by atoms with Gasteiger partial charge in [0, 0.05) is 55.2 Å². The molecule has 6 nitrogen and oxygen atoms in total. The summed E-state index contributed by atoms with van der Waals surface area (Å²) in [5, 5.41) is 11.4. The van der Waals surface area contributed by atoms with Crippen molar-refractivity contribution >= 4 is 17.2 Å². The van der Waals surface area contributed by atoms with Crippen molar-refractivity contribution in [3.63, 3.8) is 0 Å². The fourth-order valence-electron chi connectivity index (χ4n) is 3.37. The second-order valence-electron chi connectivity index (χ2n) is 6.96. The molecule has 1 fully saturated rings. The predicted molar refractivity (Wildman–Crippen MR) is 108 cm³/mol. The number of carbonyl (C=O) groups is 1. The minimum atomic E-state index is -0.579. The summed E-state index contributed by atoms with van der Waals surface area (Å²) >= 11 is 1.62. The number of benzene rings is 1. The van der Waals surface area contributed by atoms with Gasteiger partial charge >= 0.3 is 0 Å². The summed E-state index contributed by atoms with van der Waals surface area (Å²) in [5.41, 5.74) is 2.06. The van der Waals surface area contributed by atoms with Gasteiger partial charge in [0.1, 0.15) is 5.01 Å². The molecule has 0 spiro atoms. The molecule has 1 aliphatic heterocycles. The van der Waals surface area contributed by atoms with E-state index >= 15 is 0 Å². The van der Waals surface area contributed by atoms with Crippen molar-refractivity contribution < 1.29 is 9.90 Å². The molecule has 1 saturated heterocycles. The third-order valence-corrected chi connectivity index (χ3v) is 5.69. The Morgan fingerprint density at radius 2 is 1.93 bits per heavy atom.